The highest BCUT2D eigenvalue weighted by Gasteiger charge is 2.16. The summed E-state index contributed by atoms with van der Waals surface area (Å²) in [5.41, 5.74) is 2.95. The molecule has 4 nitrogen and oxygen atoms in total. The van der Waals surface area contributed by atoms with Gasteiger partial charge < -0.3 is 5.11 Å². The number of hydrogen-bond donors (Lipinski definition) is 1. The predicted octanol–water partition coefficient (Wildman–Crippen LogP) is 3.02. The molecular weight excluding hydrogens is 247 g/mol. The number of aryl methyl sites for hydroxylation is 2. The summed E-state index contributed by atoms with van der Waals surface area (Å²) in [5, 5.41) is 13.2. The zero-order valence-corrected chi connectivity index (χ0v) is 11.1. The van der Waals surface area contributed by atoms with Crippen molar-refractivity contribution in [3.63, 3.8) is 0 Å². The molecule has 19 heavy (non-hydrogen) atoms. The van der Waals surface area contributed by atoms with Crippen LogP contribution in [0.3, 0.4) is 0 Å². The summed E-state index contributed by atoms with van der Waals surface area (Å²) in [6.45, 7) is 6.50. The number of carbonyl (C=O) groups is 1. The van der Waals surface area contributed by atoms with Crippen LogP contribution in [0.4, 0.5) is 4.39 Å². The van der Waals surface area contributed by atoms with Crippen molar-refractivity contribution in [2.75, 3.05) is 0 Å². The van der Waals surface area contributed by atoms with Crippen LogP contribution < -0.4 is 0 Å². The van der Waals surface area contributed by atoms with Crippen LogP contribution in [0.15, 0.2) is 18.2 Å². The summed E-state index contributed by atoms with van der Waals surface area (Å²) in [6, 6.07) is 4.15. The second-order valence-corrected chi connectivity index (χ2v) is 4.36. The smallest absolute Gasteiger partial charge is 0.338 e. The summed E-state index contributed by atoms with van der Waals surface area (Å²) in [5.74, 6) is -1.99. The minimum absolute atomic E-state index is 0.318. The first-order chi connectivity index (χ1) is 8.95. The summed E-state index contributed by atoms with van der Waals surface area (Å²) in [6.07, 6.45) is 0. The van der Waals surface area contributed by atoms with Gasteiger partial charge in [0.15, 0.2) is 0 Å². The molecule has 0 saturated carbocycles. The number of hydrogen-bond acceptors (Lipinski definition) is 2. The van der Waals surface area contributed by atoms with Crippen molar-refractivity contribution in [1.29, 1.82) is 0 Å². The zero-order chi connectivity index (χ0) is 14.2. The quantitative estimate of drug-likeness (QED) is 0.925. The summed E-state index contributed by atoms with van der Waals surface area (Å²) < 4.78 is 15.6. The van der Waals surface area contributed by atoms with Gasteiger partial charge in [0.1, 0.15) is 5.82 Å². The van der Waals surface area contributed by atoms with Gasteiger partial charge in [0.25, 0.3) is 0 Å². The van der Waals surface area contributed by atoms with Gasteiger partial charge in [-0.3, -0.25) is 4.68 Å². The van der Waals surface area contributed by atoms with Crippen molar-refractivity contribution >= 4 is 5.97 Å². The van der Waals surface area contributed by atoms with Crippen molar-refractivity contribution in [3.05, 3.63) is 41.0 Å². The summed E-state index contributed by atoms with van der Waals surface area (Å²) in [4.78, 5) is 10.8. The highest BCUT2D eigenvalue weighted by molar-refractivity contribution is 5.88. The second kappa shape index (κ2) is 4.84. The molecule has 0 aliphatic rings. The van der Waals surface area contributed by atoms with Crippen LogP contribution in [0.2, 0.25) is 0 Å². The molecule has 0 amide bonds. The maximum absolute atomic E-state index is 13.7. The van der Waals surface area contributed by atoms with Crippen LogP contribution >= 0.6 is 0 Å². The van der Waals surface area contributed by atoms with Crippen molar-refractivity contribution in [3.8, 4) is 11.1 Å². The van der Waals surface area contributed by atoms with E-state index in [0.29, 0.717) is 5.56 Å². The van der Waals surface area contributed by atoms with Crippen molar-refractivity contribution in [2.45, 2.75) is 27.3 Å². The van der Waals surface area contributed by atoms with E-state index in [-0.39, 0.29) is 5.56 Å². The Morgan fingerprint density at radius 2 is 2.11 bits per heavy atom. The average molecular weight is 262 g/mol. The summed E-state index contributed by atoms with van der Waals surface area (Å²) >= 11 is 0. The first kappa shape index (κ1) is 13.3. The lowest BCUT2D eigenvalue weighted by Gasteiger charge is -2.05. The normalized spacial score (nSPS) is 10.7. The number of aromatic nitrogens is 2. The number of nitrogens with zero attached hydrogens (tertiary/aromatic N) is 2. The van der Waals surface area contributed by atoms with Gasteiger partial charge in [0.2, 0.25) is 0 Å². The second-order valence-electron chi connectivity index (χ2n) is 4.36. The molecule has 0 fully saturated rings. The van der Waals surface area contributed by atoms with E-state index >= 15 is 0 Å². The van der Waals surface area contributed by atoms with Crippen molar-refractivity contribution < 1.29 is 14.3 Å². The van der Waals surface area contributed by atoms with E-state index in [9.17, 15) is 9.18 Å². The third kappa shape index (κ3) is 2.23. The van der Waals surface area contributed by atoms with E-state index < -0.39 is 11.8 Å². The van der Waals surface area contributed by atoms with E-state index in [1.165, 1.54) is 12.1 Å². The number of carboxylic acid groups (broad SMARTS) is 1. The number of halogens is 1. The third-order valence-corrected chi connectivity index (χ3v) is 3.17. The van der Waals surface area contributed by atoms with Crippen LogP contribution in [0.25, 0.3) is 11.1 Å². The molecule has 1 aromatic heterocycles. The molecule has 0 bridgehead atoms. The maximum Gasteiger partial charge on any atom is 0.338 e. The Morgan fingerprint density at radius 1 is 1.42 bits per heavy atom. The molecule has 2 aromatic rings. The largest absolute Gasteiger partial charge is 0.478 e. The lowest BCUT2D eigenvalue weighted by Crippen LogP contribution is -2.01. The lowest BCUT2D eigenvalue weighted by atomic mass is 10.0. The van der Waals surface area contributed by atoms with Crippen LogP contribution in [0.1, 0.15) is 28.7 Å². The topological polar surface area (TPSA) is 55.1 Å². The van der Waals surface area contributed by atoms with Gasteiger partial charge in [-0.2, -0.15) is 5.10 Å². The Hall–Kier alpha value is -2.17. The summed E-state index contributed by atoms with van der Waals surface area (Å²) in [7, 11) is 0. The van der Waals surface area contributed by atoms with Crippen LogP contribution in [-0.2, 0) is 6.54 Å². The zero-order valence-electron chi connectivity index (χ0n) is 11.1. The molecule has 0 unspecified atom stereocenters. The SMILES string of the molecule is CCn1nc(C)c(-c2ccc(C(=O)O)c(F)c2)c1C. The molecule has 100 valence electrons. The molecular formula is C14H15FN2O2. The molecule has 0 saturated heterocycles. The van der Waals surface area contributed by atoms with Crippen LogP contribution in [0, 0.1) is 19.7 Å². The Bertz CT molecular complexity index is 647. The van der Waals surface area contributed by atoms with Gasteiger partial charge in [-0.15, -0.1) is 0 Å². The molecule has 0 aliphatic carbocycles. The van der Waals surface area contributed by atoms with E-state index in [0.717, 1.165) is 23.5 Å². The molecule has 5 heteroatoms. The molecule has 0 spiro atoms. The number of aromatic carboxylic acids is 1. The van der Waals surface area contributed by atoms with Gasteiger partial charge in [-0.05, 0) is 38.5 Å². The highest BCUT2D eigenvalue weighted by atomic mass is 19.1. The number of benzene rings is 1. The minimum Gasteiger partial charge on any atom is -0.478 e. The monoisotopic (exact) mass is 262 g/mol. The first-order valence-corrected chi connectivity index (χ1v) is 6.03. The van der Waals surface area contributed by atoms with Crippen LogP contribution in [0.5, 0.6) is 0 Å². The Morgan fingerprint density at radius 3 is 2.58 bits per heavy atom. The van der Waals surface area contributed by atoms with E-state index in [1.54, 1.807) is 6.07 Å². The van der Waals surface area contributed by atoms with Crippen LogP contribution in [-0.4, -0.2) is 20.9 Å². The maximum atomic E-state index is 13.7. The Kier molecular flexibility index (Phi) is 3.38. The third-order valence-electron chi connectivity index (χ3n) is 3.17. The Balaban J connectivity index is 2.57. The lowest BCUT2D eigenvalue weighted by molar-refractivity contribution is 0.0692. The van der Waals surface area contributed by atoms with E-state index in [4.69, 9.17) is 5.11 Å². The highest BCUT2D eigenvalue weighted by Crippen LogP contribution is 2.28. The average Bonchev–Trinajstić information content (AvgIpc) is 2.63. The fourth-order valence-electron chi connectivity index (χ4n) is 2.27. The molecule has 1 heterocycles. The van der Waals surface area contributed by atoms with Crippen molar-refractivity contribution in [1.82, 2.24) is 9.78 Å². The van der Waals surface area contributed by atoms with Gasteiger partial charge in [-0.25, -0.2) is 9.18 Å². The molecule has 0 aliphatic heterocycles. The Labute approximate surface area is 110 Å². The van der Waals surface area contributed by atoms with Gasteiger partial charge >= 0.3 is 5.97 Å². The predicted molar refractivity (Wildman–Crippen MR) is 69.7 cm³/mol. The van der Waals surface area contributed by atoms with Gasteiger partial charge in [0.05, 0.1) is 11.3 Å². The molecule has 1 N–H and O–H groups in total. The van der Waals surface area contributed by atoms with E-state index in [2.05, 4.69) is 5.10 Å². The molecule has 1 aromatic carbocycles. The van der Waals surface area contributed by atoms with Crippen molar-refractivity contribution in [2.24, 2.45) is 0 Å². The molecule has 0 radical (unpaired) electrons. The molecule has 2 rings (SSSR count). The fraction of sp³-hybridized carbons (Fsp3) is 0.286. The first-order valence-electron chi connectivity index (χ1n) is 6.03. The van der Waals surface area contributed by atoms with E-state index in [1.807, 2.05) is 25.5 Å². The number of carboxylic acids is 1. The molecule has 0 atom stereocenters. The number of rotatable bonds is 3. The van der Waals surface area contributed by atoms with Gasteiger partial charge in [0, 0.05) is 17.8 Å². The standard InChI is InChI=1S/C14H15FN2O2/c1-4-17-9(3)13(8(2)16-17)10-5-6-11(14(18)19)12(15)7-10/h5-7H,4H2,1-3H3,(H,18,19). The fourth-order valence-corrected chi connectivity index (χ4v) is 2.27. The van der Waals surface area contributed by atoms with Gasteiger partial charge in [-0.1, -0.05) is 6.07 Å². The minimum atomic E-state index is -1.26.